The average Bonchev–Trinajstić information content (AvgIpc) is 3.03. The van der Waals surface area contributed by atoms with E-state index in [2.05, 4.69) is 15.1 Å². The normalized spacial score (nSPS) is 10.5. The third-order valence-electron chi connectivity index (χ3n) is 2.41. The smallest absolute Gasteiger partial charge is 0.137 e. The summed E-state index contributed by atoms with van der Waals surface area (Å²) < 4.78 is 1.83. The number of imidazole rings is 1. The first-order valence-corrected chi connectivity index (χ1v) is 5.03. The minimum absolute atomic E-state index is 0.881. The molecule has 0 saturated heterocycles. The van der Waals surface area contributed by atoms with Crippen molar-refractivity contribution in [3.63, 3.8) is 0 Å². The van der Waals surface area contributed by atoms with Crippen molar-refractivity contribution in [1.29, 1.82) is 0 Å². The minimum atomic E-state index is 0.881. The van der Waals surface area contributed by atoms with Gasteiger partial charge in [0.15, 0.2) is 0 Å². The number of rotatable bonds is 2. The van der Waals surface area contributed by atoms with Crippen LogP contribution in [0.5, 0.6) is 0 Å². The zero-order chi connectivity index (χ0) is 10.8. The number of hydrogen-bond acceptors (Lipinski definition) is 2. The van der Waals surface area contributed by atoms with Gasteiger partial charge in [0.2, 0.25) is 0 Å². The van der Waals surface area contributed by atoms with Gasteiger partial charge in [0, 0.05) is 30.4 Å². The molecule has 1 N–H and O–H groups in total. The number of hydrogen-bond donors (Lipinski definition) is 1. The molecule has 0 saturated carbocycles. The van der Waals surface area contributed by atoms with Gasteiger partial charge in [-0.1, -0.05) is 0 Å². The Morgan fingerprint density at radius 2 is 1.94 bits per heavy atom. The van der Waals surface area contributed by atoms with Crippen molar-refractivity contribution in [3.8, 4) is 17.1 Å². The van der Waals surface area contributed by atoms with E-state index in [0.29, 0.717) is 0 Å². The molecular formula is C12H10N4. The molecule has 4 heteroatoms. The number of benzene rings is 1. The Bertz CT molecular complexity index is 496. The standard InChI is InChI=1S/C12H10N4/c1-6-15-16(9-1)11-4-2-10(3-5-11)12-13-7-8-14-12/h1-9H,(H,13,14). The number of aromatic nitrogens is 4. The summed E-state index contributed by atoms with van der Waals surface area (Å²) in [6.07, 6.45) is 7.25. The molecule has 2 heterocycles. The highest BCUT2D eigenvalue weighted by atomic mass is 15.3. The molecule has 0 fully saturated rings. The Balaban J connectivity index is 1.97. The van der Waals surface area contributed by atoms with Gasteiger partial charge in [0.1, 0.15) is 5.82 Å². The number of nitrogens with zero attached hydrogens (tertiary/aromatic N) is 3. The van der Waals surface area contributed by atoms with Gasteiger partial charge in [-0.2, -0.15) is 5.10 Å². The van der Waals surface area contributed by atoms with Crippen LogP contribution in [-0.2, 0) is 0 Å². The summed E-state index contributed by atoms with van der Waals surface area (Å²) in [6, 6.07) is 9.99. The quantitative estimate of drug-likeness (QED) is 0.705. The minimum Gasteiger partial charge on any atom is -0.345 e. The average molecular weight is 210 g/mol. The van der Waals surface area contributed by atoms with Crippen LogP contribution < -0.4 is 0 Å². The first-order valence-electron chi connectivity index (χ1n) is 5.03. The summed E-state index contributed by atoms with van der Waals surface area (Å²) in [6.45, 7) is 0. The lowest BCUT2D eigenvalue weighted by Gasteiger charge is -2.02. The van der Waals surface area contributed by atoms with Crippen molar-refractivity contribution >= 4 is 0 Å². The Hall–Kier alpha value is -2.36. The molecule has 2 aromatic heterocycles. The topological polar surface area (TPSA) is 46.5 Å². The van der Waals surface area contributed by atoms with Crippen LogP contribution in [0.2, 0.25) is 0 Å². The molecule has 0 atom stereocenters. The fourth-order valence-electron chi connectivity index (χ4n) is 1.62. The summed E-state index contributed by atoms with van der Waals surface area (Å²) >= 11 is 0. The van der Waals surface area contributed by atoms with E-state index in [4.69, 9.17) is 0 Å². The third-order valence-corrected chi connectivity index (χ3v) is 2.41. The summed E-state index contributed by atoms with van der Waals surface area (Å²) in [4.78, 5) is 7.28. The summed E-state index contributed by atoms with van der Waals surface area (Å²) in [5.74, 6) is 0.881. The van der Waals surface area contributed by atoms with Crippen LogP contribution in [0, 0.1) is 0 Å². The lowest BCUT2D eigenvalue weighted by Crippen LogP contribution is -1.93. The van der Waals surface area contributed by atoms with E-state index in [9.17, 15) is 0 Å². The predicted octanol–water partition coefficient (Wildman–Crippen LogP) is 2.26. The van der Waals surface area contributed by atoms with Crippen molar-refractivity contribution in [1.82, 2.24) is 19.7 Å². The van der Waals surface area contributed by atoms with Gasteiger partial charge in [0.25, 0.3) is 0 Å². The van der Waals surface area contributed by atoms with Gasteiger partial charge < -0.3 is 4.98 Å². The van der Waals surface area contributed by atoms with Crippen LogP contribution in [0.1, 0.15) is 0 Å². The monoisotopic (exact) mass is 210 g/mol. The van der Waals surface area contributed by atoms with Gasteiger partial charge in [-0.3, -0.25) is 0 Å². The molecule has 3 rings (SSSR count). The van der Waals surface area contributed by atoms with Crippen LogP contribution in [0.3, 0.4) is 0 Å². The first-order chi connectivity index (χ1) is 7.93. The summed E-state index contributed by atoms with van der Waals surface area (Å²) in [5.41, 5.74) is 2.11. The molecule has 0 unspecified atom stereocenters. The molecule has 78 valence electrons. The van der Waals surface area contributed by atoms with Crippen LogP contribution in [-0.4, -0.2) is 19.7 Å². The first kappa shape index (κ1) is 8.91. The molecule has 0 aliphatic rings. The zero-order valence-corrected chi connectivity index (χ0v) is 8.54. The fraction of sp³-hybridized carbons (Fsp3) is 0. The highest BCUT2D eigenvalue weighted by molar-refractivity contribution is 5.56. The third kappa shape index (κ3) is 1.50. The molecule has 0 radical (unpaired) electrons. The van der Waals surface area contributed by atoms with Crippen molar-refractivity contribution in [2.75, 3.05) is 0 Å². The van der Waals surface area contributed by atoms with Crippen molar-refractivity contribution < 1.29 is 0 Å². The maximum atomic E-state index is 4.20. The highest BCUT2D eigenvalue weighted by Crippen LogP contribution is 2.16. The second kappa shape index (κ2) is 3.66. The molecule has 0 bridgehead atoms. The molecule has 16 heavy (non-hydrogen) atoms. The largest absolute Gasteiger partial charge is 0.345 e. The van der Waals surface area contributed by atoms with Gasteiger partial charge in [-0.25, -0.2) is 9.67 Å². The predicted molar refractivity (Wildman–Crippen MR) is 61.1 cm³/mol. The Kier molecular flexibility index (Phi) is 2.04. The number of H-pyrrole nitrogens is 1. The molecule has 0 spiro atoms. The number of nitrogens with one attached hydrogen (secondary N) is 1. The zero-order valence-electron chi connectivity index (χ0n) is 8.54. The lowest BCUT2D eigenvalue weighted by molar-refractivity contribution is 0.880. The molecule has 0 aliphatic heterocycles. The van der Waals surface area contributed by atoms with E-state index in [1.165, 1.54) is 0 Å². The Morgan fingerprint density at radius 3 is 2.56 bits per heavy atom. The summed E-state index contributed by atoms with van der Waals surface area (Å²) in [5, 5.41) is 4.17. The molecule has 1 aromatic carbocycles. The molecular weight excluding hydrogens is 200 g/mol. The SMILES string of the molecule is c1cnn(-c2ccc(-c3ncc[nH]3)cc2)c1. The van der Waals surface area contributed by atoms with Gasteiger partial charge in [0.05, 0.1) is 5.69 Å². The van der Waals surface area contributed by atoms with Crippen LogP contribution in [0.25, 0.3) is 17.1 Å². The molecule has 3 aromatic rings. The highest BCUT2D eigenvalue weighted by Gasteiger charge is 2.00. The van der Waals surface area contributed by atoms with E-state index in [0.717, 1.165) is 17.1 Å². The Labute approximate surface area is 92.6 Å². The maximum absolute atomic E-state index is 4.20. The van der Waals surface area contributed by atoms with Gasteiger partial charge in [-0.05, 0) is 30.3 Å². The molecule has 0 aliphatic carbocycles. The van der Waals surface area contributed by atoms with Crippen LogP contribution in [0.4, 0.5) is 0 Å². The molecule has 0 amide bonds. The van der Waals surface area contributed by atoms with Crippen molar-refractivity contribution in [2.24, 2.45) is 0 Å². The van der Waals surface area contributed by atoms with Crippen molar-refractivity contribution in [2.45, 2.75) is 0 Å². The fourth-order valence-corrected chi connectivity index (χ4v) is 1.62. The second-order valence-corrected chi connectivity index (χ2v) is 3.44. The molecule has 4 nitrogen and oxygen atoms in total. The van der Waals surface area contributed by atoms with E-state index in [1.807, 2.05) is 47.4 Å². The van der Waals surface area contributed by atoms with Gasteiger partial charge >= 0.3 is 0 Å². The number of aromatic amines is 1. The van der Waals surface area contributed by atoms with E-state index in [-0.39, 0.29) is 0 Å². The maximum Gasteiger partial charge on any atom is 0.137 e. The van der Waals surface area contributed by atoms with Gasteiger partial charge in [-0.15, -0.1) is 0 Å². The second-order valence-electron chi connectivity index (χ2n) is 3.44. The van der Waals surface area contributed by atoms with E-state index >= 15 is 0 Å². The van der Waals surface area contributed by atoms with Crippen molar-refractivity contribution in [3.05, 3.63) is 55.1 Å². The Morgan fingerprint density at radius 1 is 1.06 bits per heavy atom. The lowest BCUT2D eigenvalue weighted by atomic mass is 10.2. The van der Waals surface area contributed by atoms with E-state index < -0.39 is 0 Å². The van der Waals surface area contributed by atoms with Crippen LogP contribution in [0.15, 0.2) is 55.1 Å². The van der Waals surface area contributed by atoms with Crippen LogP contribution >= 0.6 is 0 Å². The summed E-state index contributed by atoms with van der Waals surface area (Å²) in [7, 11) is 0. The van der Waals surface area contributed by atoms with E-state index in [1.54, 1.807) is 12.4 Å².